The Hall–Kier alpha value is -6.68. The van der Waals surface area contributed by atoms with Crippen LogP contribution in [-0.4, -0.2) is 179 Å². The summed E-state index contributed by atoms with van der Waals surface area (Å²) >= 11 is 1.45. The number of carbonyl (C=O) groups is 7. The molecular formula is C43H44B4F8IN7O14. The second-order valence-electron chi connectivity index (χ2n) is 16.4. The molecule has 0 aromatic heterocycles. The Bertz CT molecular complexity index is 2870. The Morgan fingerprint density at radius 1 is 0.455 bits per heavy atom. The van der Waals surface area contributed by atoms with Crippen molar-refractivity contribution in [2.45, 2.75) is 19.3 Å². The van der Waals surface area contributed by atoms with Crippen molar-refractivity contribution in [3.8, 4) is 0 Å². The van der Waals surface area contributed by atoms with E-state index in [4.69, 9.17) is 0 Å². The fourth-order valence-corrected chi connectivity index (χ4v) is 7.32. The summed E-state index contributed by atoms with van der Waals surface area (Å²) in [5, 5.41) is 72.0. The lowest BCUT2D eigenvalue weighted by atomic mass is 9.79. The van der Waals surface area contributed by atoms with Crippen LogP contribution in [0.4, 0.5) is 35.1 Å². The van der Waals surface area contributed by atoms with Gasteiger partial charge in [0.25, 0.3) is 23.6 Å². The van der Waals surface area contributed by atoms with Crippen molar-refractivity contribution in [3.63, 3.8) is 0 Å². The molecule has 0 saturated carbocycles. The number of hydrogen-bond acceptors (Lipinski definition) is 14. The number of benzene rings is 4. The van der Waals surface area contributed by atoms with Crippen LogP contribution in [0.5, 0.6) is 0 Å². The van der Waals surface area contributed by atoms with Crippen LogP contribution in [-0.2, 0) is 14.4 Å². The number of amides is 7. The van der Waals surface area contributed by atoms with Gasteiger partial charge in [0.05, 0.1) is 51.7 Å². The highest BCUT2D eigenvalue weighted by Gasteiger charge is 2.31. The number of carbonyl (C=O) groups excluding carboxylic acids is 7. The zero-order valence-electron chi connectivity index (χ0n) is 39.8. The van der Waals surface area contributed by atoms with Crippen LogP contribution >= 0.6 is 22.9 Å². The molecule has 7 amide bonds. The predicted molar refractivity (Wildman–Crippen MR) is 266 cm³/mol. The number of rotatable bonds is 26. The Kier molecular flexibility index (Phi) is 23.8. The molecule has 77 heavy (non-hydrogen) atoms. The molecule has 34 heteroatoms. The van der Waals surface area contributed by atoms with Gasteiger partial charge in [0.2, 0.25) is 17.7 Å². The summed E-state index contributed by atoms with van der Waals surface area (Å²) in [5.41, 5.74) is -6.81. The monoisotopic (exact) mass is 1210 g/mol. The van der Waals surface area contributed by atoms with Crippen molar-refractivity contribution >= 4 is 115 Å². The Morgan fingerprint density at radius 3 is 1.22 bits per heavy atom. The standard InChI is InChI=1S/C43H44B4F8IN7O14/c48-32-21(4-8-25(44-71)36(32)52)40(67)58-14-3-17-63(43(70)24-7-11-28(47(76)77)39(55)35(24)51)20-31(66)61(19-30(65)60-56)15-1-12-57-29(64)18-62(42(69)23-6-10-27(46(74)75)38(54)34(23)50)16-2-13-59-41(68)22-5-9-26(45(72)73)37(53)33(22)49/h4-11,44,71-77H,1-3,12-20H2,(H,57,64)(H,58,67)(H,59,68)(H,60,65). The van der Waals surface area contributed by atoms with Gasteiger partial charge in [-0.2, -0.15) is 0 Å². The molecule has 410 valence electrons. The fourth-order valence-electron chi connectivity index (χ4n) is 7.15. The van der Waals surface area contributed by atoms with Gasteiger partial charge >= 0.3 is 28.8 Å². The van der Waals surface area contributed by atoms with Crippen LogP contribution in [0.25, 0.3) is 0 Å². The topological polar surface area (TPSA) is 319 Å². The summed E-state index contributed by atoms with van der Waals surface area (Å²) in [6.45, 7) is -5.26. The highest BCUT2D eigenvalue weighted by atomic mass is 127. The van der Waals surface area contributed by atoms with Gasteiger partial charge < -0.3 is 65.8 Å². The molecule has 4 aromatic rings. The van der Waals surface area contributed by atoms with Crippen molar-refractivity contribution in [2.24, 2.45) is 0 Å². The summed E-state index contributed by atoms with van der Waals surface area (Å²) in [4.78, 5) is 94.5. The summed E-state index contributed by atoms with van der Waals surface area (Å²) in [6, 6.07) is 6.07. The maximum Gasteiger partial charge on any atom is 0.491 e. The molecule has 4 rings (SSSR count). The largest absolute Gasteiger partial charge is 0.491 e. The van der Waals surface area contributed by atoms with Crippen LogP contribution in [0.3, 0.4) is 0 Å². The number of hydrogen-bond donors (Lipinski definition) is 11. The van der Waals surface area contributed by atoms with Crippen LogP contribution in [0.1, 0.15) is 60.7 Å². The van der Waals surface area contributed by atoms with Gasteiger partial charge in [0.15, 0.2) is 46.5 Å². The minimum absolute atomic E-state index is 0.201. The summed E-state index contributed by atoms with van der Waals surface area (Å²) < 4.78 is 120. The van der Waals surface area contributed by atoms with E-state index in [1.54, 1.807) is 0 Å². The average molecular weight is 1200 g/mol. The molecule has 0 fully saturated rings. The molecule has 0 spiro atoms. The maximum atomic E-state index is 15.2. The van der Waals surface area contributed by atoms with Crippen molar-refractivity contribution in [2.75, 3.05) is 58.9 Å². The first-order valence-electron chi connectivity index (χ1n) is 22.5. The average Bonchev–Trinajstić information content (AvgIpc) is 3.38. The summed E-state index contributed by atoms with van der Waals surface area (Å²) in [5.74, 6) is -21.7. The van der Waals surface area contributed by atoms with E-state index in [-0.39, 0.29) is 25.8 Å². The molecule has 0 radical (unpaired) electrons. The number of halogens is 9. The number of nitrogens with zero attached hydrogens (tertiary/aromatic N) is 3. The van der Waals surface area contributed by atoms with Crippen LogP contribution in [0.15, 0.2) is 48.5 Å². The molecule has 21 nitrogen and oxygen atoms in total. The SMILES string of the molecule is O=C(CN(CCCNC(=O)CN(CCCNC(=O)c1ccc(B(O)O)c(F)c1F)C(=O)c1ccc(B(O)O)c(F)c1F)C(=O)CN(CCCNC(=O)c1ccc(BO)c(F)c1F)C(=O)c1ccc(B(O)O)c(F)c1F)NI. The van der Waals surface area contributed by atoms with E-state index in [9.17, 15) is 95.1 Å². The normalized spacial score (nSPS) is 10.8. The maximum absolute atomic E-state index is 15.2. The second-order valence-corrected chi connectivity index (χ2v) is 16.9. The molecule has 0 atom stereocenters. The highest BCUT2D eigenvalue weighted by Crippen LogP contribution is 2.17. The van der Waals surface area contributed by atoms with Gasteiger partial charge in [-0.15, -0.1) is 0 Å². The van der Waals surface area contributed by atoms with Crippen LogP contribution in [0, 0.1) is 46.5 Å². The van der Waals surface area contributed by atoms with E-state index < -0.39 is 213 Å². The molecular weight excluding hydrogens is 1160 g/mol. The second kappa shape index (κ2) is 29.2. The summed E-state index contributed by atoms with van der Waals surface area (Å²) in [6.07, 6.45) is -0.778. The molecule has 4 aromatic carbocycles. The minimum atomic E-state index is -2.50. The smallest absolute Gasteiger partial charge is 0.449 e. The molecule has 0 aliphatic carbocycles. The van der Waals surface area contributed by atoms with E-state index >= 15 is 8.78 Å². The van der Waals surface area contributed by atoms with Gasteiger partial charge in [-0.05, 0) is 49.0 Å². The first-order chi connectivity index (χ1) is 36.4. The van der Waals surface area contributed by atoms with Crippen molar-refractivity contribution < 1.29 is 104 Å². The van der Waals surface area contributed by atoms with Crippen molar-refractivity contribution in [1.82, 2.24) is 34.2 Å². The molecule has 11 N–H and O–H groups in total. The fraction of sp³-hybridized carbons (Fsp3) is 0.279. The Balaban J connectivity index is 1.48. The summed E-state index contributed by atoms with van der Waals surface area (Å²) in [7, 11) is -8.28. The lowest BCUT2D eigenvalue weighted by Crippen LogP contribution is -2.47. The van der Waals surface area contributed by atoms with E-state index in [1.807, 2.05) is 0 Å². The molecule has 0 aliphatic rings. The van der Waals surface area contributed by atoms with E-state index in [0.29, 0.717) is 34.1 Å². The zero-order chi connectivity index (χ0) is 57.4. The third-order valence-corrected chi connectivity index (χ3v) is 11.8. The molecule has 0 bridgehead atoms. The highest BCUT2D eigenvalue weighted by molar-refractivity contribution is 14.1. The minimum Gasteiger partial charge on any atom is -0.449 e. The van der Waals surface area contributed by atoms with Gasteiger partial charge in [-0.3, -0.25) is 37.1 Å². The van der Waals surface area contributed by atoms with Gasteiger partial charge in [-0.25, -0.2) is 35.1 Å². The van der Waals surface area contributed by atoms with Crippen LogP contribution < -0.4 is 41.3 Å². The van der Waals surface area contributed by atoms with Crippen LogP contribution in [0.2, 0.25) is 0 Å². The predicted octanol–water partition coefficient (Wildman–Crippen LogP) is -4.17. The quantitative estimate of drug-likeness (QED) is 0.00936. The van der Waals surface area contributed by atoms with Gasteiger partial charge in [0, 0.05) is 55.7 Å². The van der Waals surface area contributed by atoms with Gasteiger partial charge in [-0.1, -0.05) is 24.3 Å². The zero-order valence-corrected chi connectivity index (χ0v) is 41.9. The molecule has 0 saturated heterocycles. The Morgan fingerprint density at radius 2 is 0.805 bits per heavy atom. The lowest BCUT2D eigenvalue weighted by molar-refractivity contribution is -0.136. The van der Waals surface area contributed by atoms with Gasteiger partial charge in [0.1, 0.15) is 13.1 Å². The third-order valence-electron chi connectivity index (χ3n) is 11.2. The van der Waals surface area contributed by atoms with Crippen molar-refractivity contribution in [1.29, 1.82) is 0 Å². The van der Waals surface area contributed by atoms with E-state index in [0.717, 1.165) is 29.2 Å². The first kappa shape index (κ1) is 62.9. The van der Waals surface area contributed by atoms with Crippen molar-refractivity contribution in [3.05, 3.63) is 117 Å². The van der Waals surface area contributed by atoms with E-state index in [1.165, 1.54) is 22.9 Å². The lowest BCUT2D eigenvalue weighted by Gasteiger charge is -2.28. The third kappa shape index (κ3) is 16.4. The molecule has 0 unspecified atom stereocenters. The van der Waals surface area contributed by atoms with E-state index in [2.05, 4.69) is 19.5 Å². The number of nitrogens with one attached hydrogen (secondary N) is 4. The first-order valence-corrected chi connectivity index (χ1v) is 23.6. The molecule has 0 aliphatic heterocycles. The molecule has 0 heterocycles. The Labute approximate surface area is 446 Å².